The number of likely N-dealkylation sites (tertiary alicyclic amines) is 1. The Labute approximate surface area is 238 Å². The smallest absolute Gasteiger partial charge is 0.311 e. The van der Waals surface area contributed by atoms with Gasteiger partial charge < -0.3 is 23.8 Å². The Balaban J connectivity index is 1.83. The van der Waals surface area contributed by atoms with Crippen molar-refractivity contribution >= 4 is 11.9 Å². The molecule has 2 aromatic rings. The van der Waals surface area contributed by atoms with E-state index in [9.17, 15) is 9.59 Å². The van der Waals surface area contributed by atoms with E-state index in [0.29, 0.717) is 24.5 Å². The third kappa shape index (κ3) is 6.22. The molecule has 40 heavy (non-hydrogen) atoms. The summed E-state index contributed by atoms with van der Waals surface area (Å²) < 4.78 is 22.4. The third-order valence-electron chi connectivity index (χ3n) is 7.93. The fourth-order valence-corrected chi connectivity index (χ4v) is 6.18. The predicted octanol–water partition coefficient (Wildman–Crippen LogP) is 5.56. The van der Waals surface area contributed by atoms with Gasteiger partial charge in [-0.2, -0.15) is 0 Å². The summed E-state index contributed by atoms with van der Waals surface area (Å²) in [6, 6.07) is 13.0. The van der Waals surface area contributed by atoms with Crippen LogP contribution >= 0.6 is 0 Å². The van der Waals surface area contributed by atoms with Crippen molar-refractivity contribution < 1.29 is 28.5 Å². The van der Waals surface area contributed by atoms with E-state index >= 15 is 0 Å². The maximum absolute atomic E-state index is 14.2. The Hall–Kier alpha value is -3.26. The first-order valence-electron chi connectivity index (χ1n) is 14.7. The van der Waals surface area contributed by atoms with E-state index in [1.54, 1.807) is 7.11 Å². The number of ether oxygens (including phenoxy) is 4. The summed E-state index contributed by atoms with van der Waals surface area (Å²) in [6.07, 6.45) is 3.36. The number of amides is 1. The Morgan fingerprint density at radius 2 is 1.62 bits per heavy atom. The van der Waals surface area contributed by atoms with E-state index in [1.807, 2.05) is 54.3 Å². The van der Waals surface area contributed by atoms with Crippen molar-refractivity contribution in [2.45, 2.75) is 71.4 Å². The van der Waals surface area contributed by atoms with Crippen LogP contribution in [0, 0.1) is 5.92 Å². The monoisotopic (exact) mass is 552 g/mol. The molecule has 4 rings (SSSR count). The number of hydrogen-bond acceptors (Lipinski definition) is 7. The lowest BCUT2D eigenvalue weighted by molar-refractivity contribution is -0.150. The molecular weight excluding hydrogens is 508 g/mol. The zero-order valence-corrected chi connectivity index (χ0v) is 24.6. The Kier molecular flexibility index (Phi) is 10.3. The van der Waals surface area contributed by atoms with Crippen molar-refractivity contribution in [2.75, 3.05) is 40.1 Å². The Morgan fingerprint density at radius 1 is 0.950 bits per heavy atom. The summed E-state index contributed by atoms with van der Waals surface area (Å²) in [6.45, 7) is 10.6. The number of carbonyl (C=O) groups is 2. The predicted molar refractivity (Wildman–Crippen MR) is 154 cm³/mol. The summed E-state index contributed by atoms with van der Waals surface area (Å²) >= 11 is 0. The van der Waals surface area contributed by atoms with Crippen LogP contribution in [0.5, 0.6) is 17.2 Å². The van der Waals surface area contributed by atoms with Gasteiger partial charge in [-0.1, -0.05) is 45.4 Å². The molecule has 1 saturated heterocycles. The lowest BCUT2D eigenvalue weighted by atomic mass is 9.82. The summed E-state index contributed by atoms with van der Waals surface area (Å²) in [5, 5.41) is 0. The molecule has 1 amide bonds. The second-order valence-corrected chi connectivity index (χ2v) is 10.5. The molecule has 8 heteroatoms. The lowest BCUT2D eigenvalue weighted by Gasteiger charge is -2.37. The van der Waals surface area contributed by atoms with Crippen molar-refractivity contribution in [3.8, 4) is 17.2 Å². The molecule has 2 aliphatic rings. The van der Waals surface area contributed by atoms with Crippen molar-refractivity contribution in [1.82, 2.24) is 9.80 Å². The maximum Gasteiger partial charge on any atom is 0.311 e. The van der Waals surface area contributed by atoms with Crippen molar-refractivity contribution in [1.29, 1.82) is 0 Å². The first-order valence-corrected chi connectivity index (χ1v) is 14.7. The third-order valence-corrected chi connectivity index (χ3v) is 7.93. The van der Waals surface area contributed by atoms with Crippen LogP contribution in [0.15, 0.2) is 42.5 Å². The van der Waals surface area contributed by atoms with Crippen LogP contribution in [-0.4, -0.2) is 67.9 Å². The first-order chi connectivity index (χ1) is 19.5. The van der Waals surface area contributed by atoms with Gasteiger partial charge in [-0.3, -0.25) is 14.5 Å². The fraction of sp³-hybridized carbons (Fsp3) is 0.562. The van der Waals surface area contributed by atoms with Crippen molar-refractivity contribution in [3.63, 3.8) is 0 Å². The normalized spacial score (nSPS) is 20.8. The van der Waals surface area contributed by atoms with Crippen LogP contribution in [-0.2, 0) is 14.3 Å². The number of methoxy groups -OCH3 is 1. The zero-order chi connectivity index (χ0) is 28.6. The lowest BCUT2D eigenvalue weighted by Crippen LogP contribution is -2.49. The van der Waals surface area contributed by atoms with E-state index in [4.69, 9.17) is 18.9 Å². The minimum absolute atomic E-state index is 0.137. The van der Waals surface area contributed by atoms with Gasteiger partial charge in [0.2, 0.25) is 12.7 Å². The molecule has 0 N–H and O–H groups in total. The molecule has 0 unspecified atom stereocenters. The largest absolute Gasteiger partial charge is 0.497 e. The van der Waals surface area contributed by atoms with E-state index in [0.717, 1.165) is 49.2 Å². The number of carbonyl (C=O) groups excluding carboxylic acids is 2. The van der Waals surface area contributed by atoms with Crippen LogP contribution in [0.1, 0.15) is 76.5 Å². The number of rotatable bonds is 13. The quantitative estimate of drug-likeness (QED) is 0.301. The molecule has 0 bridgehead atoms. The van der Waals surface area contributed by atoms with Crippen LogP contribution in [0.3, 0.4) is 0 Å². The molecule has 0 aliphatic carbocycles. The molecule has 218 valence electrons. The highest BCUT2D eigenvalue weighted by Crippen LogP contribution is 2.49. The summed E-state index contributed by atoms with van der Waals surface area (Å²) in [5.74, 6) is 1.30. The van der Waals surface area contributed by atoms with Crippen LogP contribution in [0.2, 0.25) is 0 Å². The topological polar surface area (TPSA) is 77.5 Å². The minimum Gasteiger partial charge on any atom is -0.497 e. The first kappa shape index (κ1) is 29.7. The van der Waals surface area contributed by atoms with Crippen LogP contribution in [0.4, 0.5) is 0 Å². The van der Waals surface area contributed by atoms with E-state index in [2.05, 4.69) is 25.7 Å². The van der Waals surface area contributed by atoms with E-state index in [-0.39, 0.29) is 43.3 Å². The second kappa shape index (κ2) is 13.9. The van der Waals surface area contributed by atoms with Gasteiger partial charge in [-0.15, -0.1) is 0 Å². The molecule has 0 spiro atoms. The van der Waals surface area contributed by atoms with Crippen molar-refractivity contribution in [2.24, 2.45) is 5.92 Å². The van der Waals surface area contributed by atoms with Gasteiger partial charge in [0.15, 0.2) is 11.5 Å². The van der Waals surface area contributed by atoms with Gasteiger partial charge in [0, 0.05) is 31.6 Å². The zero-order valence-electron chi connectivity index (χ0n) is 24.6. The molecule has 1 fully saturated rings. The minimum atomic E-state index is -0.508. The average molecular weight is 553 g/mol. The molecule has 2 heterocycles. The highest BCUT2D eigenvalue weighted by Gasteiger charge is 2.51. The fourth-order valence-electron chi connectivity index (χ4n) is 6.18. The number of benzene rings is 2. The van der Waals surface area contributed by atoms with Gasteiger partial charge in [0.1, 0.15) is 5.75 Å². The summed E-state index contributed by atoms with van der Waals surface area (Å²) in [5.41, 5.74) is 1.94. The molecule has 2 aliphatic heterocycles. The standard InChI is InChI=1S/C32H44N2O6/c1-6-10-26(31(35)33(17-7-2)18-8-3)34-20-25(23-13-16-27-28(19-23)40-21-39-27)29(32(36)38-9-4)30(34)22-11-14-24(37-5)15-12-22/h11-16,19,25-26,29-30H,6-10,17-18,20-21H2,1-5H3/t25-,26+,29+,30-/m1/s1. The maximum atomic E-state index is 14.2. The Morgan fingerprint density at radius 3 is 2.25 bits per heavy atom. The number of fused-ring (bicyclic) bond motifs is 1. The molecule has 8 nitrogen and oxygen atoms in total. The highest BCUT2D eigenvalue weighted by atomic mass is 16.7. The van der Waals surface area contributed by atoms with Gasteiger partial charge in [-0.25, -0.2) is 0 Å². The summed E-state index contributed by atoms with van der Waals surface area (Å²) in [4.78, 5) is 32.2. The second-order valence-electron chi connectivity index (χ2n) is 10.5. The highest BCUT2D eigenvalue weighted by molar-refractivity contribution is 5.83. The molecule has 4 atom stereocenters. The van der Waals surface area contributed by atoms with Gasteiger partial charge in [-0.05, 0) is 61.6 Å². The van der Waals surface area contributed by atoms with Gasteiger partial charge in [0.05, 0.1) is 25.7 Å². The molecule has 2 aromatic carbocycles. The van der Waals surface area contributed by atoms with Crippen LogP contribution in [0.25, 0.3) is 0 Å². The average Bonchev–Trinajstić information content (AvgIpc) is 3.60. The van der Waals surface area contributed by atoms with E-state index < -0.39 is 5.92 Å². The summed E-state index contributed by atoms with van der Waals surface area (Å²) in [7, 11) is 1.64. The SMILES string of the molecule is CCC[C@@H](C(=O)N(CCC)CCC)N1C[C@H](c2ccc3c(c2)OCO3)[C@H](C(=O)OCC)[C@H]1c1ccc(OC)cc1. The van der Waals surface area contributed by atoms with Crippen molar-refractivity contribution in [3.05, 3.63) is 53.6 Å². The number of hydrogen-bond donors (Lipinski definition) is 0. The Bertz CT molecular complexity index is 1130. The molecular formula is C32H44N2O6. The number of nitrogens with zero attached hydrogens (tertiary/aromatic N) is 2. The molecule has 0 radical (unpaired) electrons. The van der Waals surface area contributed by atoms with Gasteiger partial charge >= 0.3 is 5.97 Å². The van der Waals surface area contributed by atoms with Crippen LogP contribution < -0.4 is 14.2 Å². The number of esters is 1. The molecule has 0 saturated carbocycles. The van der Waals surface area contributed by atoms with E-state index in [1.165, 1.54) is 0 Å². The molecule has 0 aromatic heterocycles. The van der Waals surface area contributed by atoms with Gasteiger partial charge in [0.25, 0.3) is 0 Å².